The first-order valence-electron chi connectivity index (χ1n) is 6.09. The molecule has 1 atom stereocenters. The number of aliphatic imine (C=N–C) groups is 1. The molecular weight excluding hydrogens is 276 g/mol. The third-order valence-corrected chi connectivity index (χ3v) is 4.14. The summed E-state index contributed by atoms with van der Waals surface area (Å²) in [7, 11) is 1.60. The predicted octanol–water partition coefficient (Wildman–Crippen LogP) is 1.90. The van der Waals surface area contributed by atoms with E-state index in [2.05, 4.69) is 4.99 Å². The lowest BCUT2D eigenvalue weighted by Gasteiger charge is -2.06. The summed E-state index contributed by atoms with van der Waals surface area (Å²) in [5.41, 5.74) is 1.13. The van der Waals surface area contributed by atoms with Crippen molar-refractivity contribution in [2.75, 3.05) is 7.11 Å². The number of methoxy groups -OCH3 is 1. The Kier molecular flexibility index (Phi) is 3.10. The van der Waals surface area contributed by atoms with Crippen molar-refractivity contribution < 1.29 is 14.3 Å². The number of ether oxygens (including phenoxy) is 1. The third-order valence-electron chi connectivity index (χ3n) is 3.10. The van der Waals surface area contributed by atoms with Crippen LogP contribution in [0.2, 0.25) is 0 Å². The van der Waals surface area contributed by atoms with Gasteiger partial charge in [0, 0.05) is 0 Å². The first-order valence-corrected chi connectivity index (χ1v) is 6.97. The van der Waals surface area contributed by atoms with Gasteiger partial charge in [-0.25, -0.2) is 9.89 Å². The Labute approximate surface area is 120 Å². The van der Waals surface area contributed by atoms with Crippen LogP contribution in [0.5, 0.6) is 5.75 Å². The minimum atomic E-state index is -0.349. The van der Waals surface area contributed by atoms with E-state index >= 15 is 0 Å². The molecule has 3 rings (SSSR count). The lowest BCUT2D eigenvalue weighted by molar-refractivity contribution is -0.135. The van der Waals surface area contributed by atoms with Gasteiger partial charge in [-0.1, -0.05) is 23.9 Å². The van der Waals surface area contributed by atoms with Gasteiger partial charge in [0.15, 0.2) is 5.17 Å². The van der Waals surface area contributed by atoms with E-state index in [1.165, 1.54) is 11.8 Å². The first kappa shape index (κ1) is 12.9. The molecule has 0 saturated carbocycles. The molecule has 1 fully saturated rings. The SMILES string of the molecule is COc1ccc(/C=C2/N=C3S[C@@H](C)C(=O)N3C2=O)cc1. The average Bonchev–Trinajstić information content (AvgIpc) is 2.89. The summed E-state index contributed by atoms with van der Waals surface area (Å²) in [6.07, 6.45) is 1.67. The Balaban J connectivity index is 1.90. The topological polar surface area (TPSA) is 59.0 Å². The Morgan fingerprint density at radius 1 is 1.30 bits per heavy atom. The molecule has 0 bridgehead atoms. The number of amides is 2. The van der Waals surface area contributed by atoms with Crippen molar-refractivity contribution in [1.82, 2.24) is 4.90 Å². The maximum absolute atomic E-state index is 12.2. The van der Waals surface area contributed by atoms with E-state index in [0.29, 0.717) is 5.17 Å². The number of carbonyl (C=O) groups excluding carboxylic acids is 2. The number of imide groups is 1. The Morgan fingerprint density at radius 2 is 2.00 bits per heavy atom. The van der Waals surface area contributed by atoms with Gasteiger partial charge in [0.05, 0.1) is 12.4 Å². The number of amidine groups is 1. The molecule has 2 amide bonds. The molecule has 2 aliphatic rings. The summed E-state index contributed by atoms with van der Waals surface area (Å²) in [5, 5.41) is 0.243. The van der Waals surface area contributed by atoms with Crippen LogP contribution >= 0.6 is 11.8 Å². The smallest absolute Gasteiger partial charge is 0.285 e. The molecule has 2 heterocycles. The predicted molar refractivity (Wildman–Crippen MR) is 77.3 cm³/mol. The van der Waals surface area contributed by atoms with Crippen LogP contribution in [0.25, 0.3) is 6.08 Å². The van der Waals surface area contributed by atoms with Crippen LogP contribution in [-0.4, -0.2) is 34.2 Å². The van der Waals surface area contributed by atoms with E-state index in [0.717, 1.165) is 16.2 Å². The molecule has 1 aromatic carbocycles. The Bertz CT molecular complexity index is 649. The number of fused-ring (bicyclic) bond motifs is 1. The number of hydrogen-bond acceptors (Lipinski definition) is 5. The lowest BCUT2D eigenvalue weighted by Crippen LogP contribution is -2.33. The van der Waals surface area contributed by atoms with Crippen LogP contribution in [0, 0.1) is 0 Å². The third kappa shape index (κ3) is 2.02. The summed E-state index contributed by atoms with van der Waals surface area (Å²) < 4.78 is 5.08. The molecule has 0 aliphatic carbocycles. The molecule has 0 unspecified atom stereocenters. The highest BCUT2D eigenvalue weighted by Crippen LogP contribution is 2.33. The molecule has 1 aromatic rings. The minimum Gasteiger partial charge on any atom is -0.497 e. The Hall–Kier alpha value is -2.08. The quantitative estimate of drug-likeness (QED) is 0.616. The van der Waals surface area contributed by atoms with Gasteiger partial charge in [0.1, 0.15) is 11.4 Å². The van der Waals surface area contributed by atoms with Gasteiger partial charge >= 0.3 is 0 Å². The fourth-order valence-electron chi connectivity index (χ4n) is 2.02. The zero-order valence-electron chi connectivity index (χ0n) is 11.0. The zero-order chi connectivity index (χ0) is 14.3. The van der Waals surface area contributed by atoms with Crippen LogP contribution in [0.3, 0.4) is 0 Å². The summed E-state index contributed by atoms with van der Waals surface area (Å²) in [4.78, 5) is 29.4. The van der Waals surface area contributed by atoms with Crippen molar-refractivity contribution in [2.45, 2.75) is 12.2 Å². The second-order valence-electron chi connectivity index (χ2n) is 4.44. The van der Waals surface area contributed by atoms with E-state index < -0.39 is 0 Å². The lowest BCUT2D eigenvalue weighted by atomic mass is 10.2. The number of nitrogens with zero attached hydrogens (tertiary/aromatic N) is 2. The van der Waals surface area contributed by atoms with E-state index in [4.69, 9.17) is 4.74 Å². The average molecular weight is 288 g/mol. The summed E-state index contributed by atoms with van der Waals surface area (Å²) in [5.74, 6) is 0.200. The van der Waals surface area contributed by atoms with Crippen LogP contribution < -0.4 is 4.74 Å². The highest BCUT2D eigenvalue weighted by atomic mass is 32.2. The van der Waals surface area contributed by atoms with Crippen molar-refractivity contribution in [2.24, 2.45) is 4.99 Å². The zero-order valence-corrected chi connectivity index (χ0v) is 11.8. The normalized spacial score (nSPS) is 23.3. The molecule has 0 radical (unpaired) electrons. The molecule has 6 heteroatoms. The molecular formula is C14H12N2O3S. The summed E-state index contributed by atoms with van der Waals surface area (Å²) in [6.45, 7) is 1.77. The van der Waals surface area contributed by atoms with Crippen molar-refractivity contribution in [1.29, 1.82) is 0 Å². The summed E-state index contributed by atoms with van der Waals surface area (Å²) >= 11 is 1.31. The second kappa shape index (κ2) is 4.79. The standard InChI is InChI=1S/C14H12N2O3S/c1-8-12(17)16-13(18)11(15-14(16)20-8)7-9-3-5-10(19-2)6-4-9/h3-8H,1-2H3/b11-7+/t8-/m0/s1. The summed E-state index contributed by atoms with van der Waals surface area (Å²) in [6, 6.07) is 7.28. The fourth-order valence-corrected chi connectivity index (χ4v) is 2.97. The van der Waals surface area contributed by atoms with E-state index in [-0.39, 0.29) is 22.8 Å². The van der Waals surface area contributed by atoms with Crippen LogP contribution in [0.1, 0.15) is 12.5 Å². The van der Waals surface area contributed by atoms with Gasteiger partial charge in [-0.3, -0.25) is 9.59 Å². The maximum atomic E-state index is 12.2. The molecule has 0 N–H and O–H groups in total. The maximum Gasteiger partial charge on any atom is 0.285 e. The van der Waals surface area contributed by atoms with Gasteiger partial charge in [-0.2, -0.15) is 0 Å². The van der Waals surface area contributed by atoms with Gasteiger partial charge in [0.2, 0.25) is 5.91 Å². The number of carbonyl (C=O) groups is 2. The highest BCUT2D eigenvalue weighted by molar-refractivity contribution is 8.15. The molecule has 2 aliphatic heterocycles. The van der Waals surface area contributed by atoms with Gasteiger partial charge in [-0.05, 0) is 30.7 Å². The van der Waals surface area contributed by atoms with E-state index in [1.54, 1.807) is 20.1 Å². The molecule has 5 nitrogen and oxygen atoms in total. The Morgan fingerprint density at radius 3 is 2.60 bits per heavy atom. The van der Waals surface area contributed by atoms with E-state index in [1.807, 2.05) is 24.3 Å². The number of hydrogen-bond donors (Lipinski definition) is 0. The van der Waals surface area contributed by atoms with Crippen LogP contribution in [-0.2, 0) is 9.59 Å². The van der Waals surface area contributed by atoms with Crippen molar-refractivity contribution in [3.05, 3.63) is 35.5 Å². The number of benzene rings is 1. The minimum absolute atomic E-state index is 0.197. The number of thioether (sulfide) groups is 1. The molecule has 102 valence electrons. The fraction of sp³-hybridized carbons (Fsp3) is 0.214. The van der Waals surface area contributed by atoms with Crippen molar-refractivity contribution in [3.8, 4) is 5.75 Å². The monoisotopic (exact) mass is 288 g/mol. The molecule has 1 saturated heterocycles. The van der Waals surface area contributed by atoms with Gasteiger partial charge in [-0.15, -0.1) is 0 Å². The second-order valence-corrected chi connectivity index (χ2v) is 5.74. The van der Waals surface area contributed by atoms with Crippen molar-refractivity contribution >= 4 is 34.8 Å². The molecule has 0 spiro atoms. The van der Waals surface area contributed by atoms with Gasteiger partial charge < -0.3 is 4.74 Å². The van der Waals surface area contributed by atoms with Crippen LogP contribution in [0.15, 0.2) is 35.0 Å². The first-order chi connectivity index (χ1) is 9.60. The molecule has 0 aromatic heterocycles. The van der Waals surface area contributed by atoms with Crippen molar-refractivity contribution in [3.63, 3.8) is 0 Å². The highest BCUT2D eigenvalue weighted by Gasteiger charge is 2.44. The molecule has 20 heavy (non-hydrogen) atoms. The van der Waals surface area contributed by atoms with E-state index in [9.17, 15) is 9.59 Å². The largest absolute Gasteiger partial charge is 0.497 e. The van der Waals surface area contributed by atoms with Gasteiger partial charge in [0.25, 0.3) is 5.91 Å². The number of rotatable bonds is 2. The van der Waals surface area contributed by atoms with Crippen LogP contribution in [0.4, 0.5) is 0 Å².